The number of thioether (sulfide) groups is 1. The molecule has 1 aromatic heterocycles. The summed E-state index contributed by atoms with van der Waals surface area (Å²) in [6.45, 7) is 1.58. The Morgan fingerprint density at radius 1 is 1.08 bits per heavy atom. The lowest BCUT2D eigenvalue weighted by Crippen LogP contribution is -2.29. The zero-order chi connectivity index (χ0) is 19.0. The average molecular weight is 406 g/mol. The number of fused-ring (bicyclic) bond motifs is 1. The van der Waals surface area contributed by atoms with Gasteiger partial charge in [-0.2, -0.15) is 26.3 Å². The van der Waals surface area contributed by atoms with Gasteiger partial charge in [0, 0.05) is 22.3 Å². The predicted molar refractivity (Wildman–Crippen MR) is 85.9 cm³/mol. The molecule has 1 aromatic carbocycles. The van der Waals surface area contributed by atoms with Gasteiger partial charge in [0.2, 0.25) is 0 Å². The van der Waals surface area contributed by atoms with E-state index < -0.39 is 34.3 Å². The minimum Gasteiger partial charge on any atom is -0.383 e. The number of hydrogen-bond acceptors (Lipinski definition) is 2. The van der Waals surface area contributed by atoms with E-state index in [0.29, 0.717) is 17.1 Å². The summed E-state index contributed by atoms with van der Waals surface area (Å²) in [5.74, 6) is -1.38. The molecule has 0 radical (unpaired) electrons. The van der Waals surface area contributed by atoms with E-state index in [0.717, 1.165) is 12.1 Å². The van der Waals surface area contributed by atoms with Gasteiger partial charge in [-0.15, -0.1) is 11.8 Å². The number of benzene rings is 1. The molecule has 2 nitrogen and oxygen atoms in total. The molecule has 1 unspecified atom stereocenters. The summed E-state index contributed by atoms with van der Waals surface area (Å²) in [5, 5.41) is 10.5. The van der Waals surface area contributed by atoms with Crippen LogP contribution in [0.4, 0.5) is 26.3 Å². The van der Waals surface area contributed by atoms with E-state index in [4.69, 9.17) is 11.6 Å². The van der Waals surface area contributed by atoms with Crippen LogP contribution in [0.1, 0.15) is 24.6 Å². The molecule has 0 spiro atoms. The summed E-state index contributed by atoms with van der Waals surface area (Å²) in [4.78, 5) is 2.67. The molecule has 10 heteroatoms. The van der Waals surface area contributed by atoms with Crippen LogP contribution in [0.5, 0.6) is 0 Å². The first-order valence-electron chi connectivity index (χ1n) is 7.12. The van der Waals surface area contributed by atoms with Gasteiger partial charge in [-0.1, -0.05) is 18.5 Å². The number of halogens is 7. The number of H-pyrrole nitrogens is 1. The Kier molecular flexibility index (Phi) is 5.61. The summed E-state index contributed by atoms with van der Waals surface area (Å²) >= 11 is 6.16. The smallest absolute Gasteiger partial charge is 0.383 e. The Morgan fingerprint density at radius 3 is 2.24 bits per heavy atom. The van der Waals surface area contributed by atoms with E-state index in [1.54, 1.807) is 6.92 Å². The van der Waals surface area contributed by atoms with Crippen LogP contribution in [0.15, 0.2) is 18.2 Å². The maximum atomic E-state index is 12.9. The van der Waals surface area contributed by atoms with Crippen LogP contribution >= 0.6 is 23.4 Å². The molecule has 2 aromatic rings. The van der Waals surface area contributed by atoms with E-state index in [9.17, 15) is 31.4 Å². The van der Waals surface area contributed by atoms with Gasteiger partial charge in [0.15, 0.2) is 0 Å². The standard InChI is InChI=1S/C15H14ClF6NOS/c1-2-13(24,6-25-7-14(17,18)19)12-4-8-3-10(16)9(15(20,21)22)5-11(8)23-12/h3-5,23-24H,2,6-7H2,1H3. The SMILES string of the molecule is CCC(O)(CSCC(F)(F)F)c1cc2cc(Cl)c(C(F)(F)F)cc2[nH]1. The van der Waals surface area contributed by atoms with Gasteiger partial charge in [0.05, 0.1) is 16.3 Å². The Balaban J connectivity index is 2.35. The fourth-order valence-corrected chi connectivity index (χ4v) is 3.64. The fourth-order valence-electron chi connectivity index (χ4n) is 2.33. The number of aromatic nitrogens is 1. The van der Waals surface area contributed by atoms with Gasteiger partial charge >= 0.3 is 12.4 Å². The Morgan fingerprint density at radius 2 is 1.72 bits per heavy atom. The summed E-state index contributed by atoms with van der Waals surface area (Å²) in [7, 11) is 0. The predicted octanol–water partition coefficient (Wildman–Crippen LogP) is 5.73. The molecule has 0 aliphatic carbocycles. The molecule has 25 heavy (non-hydrogen) atoms. The molecular formula is C15H14ClF6NOS. The zero-order valence-corrected chi connectivity index (χ0v) is 14.4. The van der Waals surface area contributed by atoms with Crippen LogP contribution in [0.2, 0.25) is 5.02 Å². The monoisotopic (exact) mass is 405 g/mol. The van der Waals surface area contributed by atoms with Crippen molar-refractivity contribution in [1.29, 1.82) is 0 Å². The Bertz CT molecular complexity index is 757. The minimum absolute atomic E-state index is 0.0878. The summed E-state index contributed by atoms with van der Waals surface area (Å²) < 4.78 is 75.5. The number of aromatic amines is 1. The molecule has 0 fully saturated rings. The molecule has 0 amide bonds. The van der Waals surface area contributed by atoms with Crippen LogP contribution < -0.4 is 0 Å². The first-order valence-corrected chi connectivity index (χ1v) is 8.66. The highest BCUT2D eigenvalue weighted by molar-refractivity contribution is 7.99. The average Bonchev–Trinajstić information content (AvgIpc) is 2.87. The van der Waals surface area contributed by atoms with Crippen molar-refractivity contribution >= 4 is 34.3 Å². The van der Waals surface area contributed by atoms with Crippen LogP contribution in [0.3, 0.4) is 0 Å². The van der Waals surface area contributed by atoms with Crippen LogP contribution in [0, 0.1) is 0 Å². The van der Waals surface area contributed by atoms with Crippen molar-refractivity contribution in [2.24, 2.45) is 0 Å². The molecule has 0 aliphatic rings. The Labute approximate surface area is 148 Å². The quantitative estimate of drug-likeness (QED) is 0.623. The topological polar surface area (TPSA) is 36.0 Å². The van der Waals surface area contributed by atoms with Crippen LogP contribution in [-0.4, -0.2) is 27.8 Å². The van der Waals surface area contributed by atoms with E-state index in [1.165, 1.54) is 6.07 Å². The van der Waals surface area contributed by atoms with Gasteiger partial charge in [0.1, 0.15) is 5.60 Å². The summed E-state index contributed by atoms with van der Waals surface area (Å²) in [6, 6.07) is 3.33. The van der Waals surface area contributed by atoms with Gasteiger partial charge in [-0.25, -0.2) is 0 Å². The lowest BCUT2D eigenvalue weighted by atomic mass is 9.99. The van der Waals surface area contributed by atoms with Gasteiger partial charge < -0.3 is 10.1 Å². The highest BCUT2D eigenvalue weighted by Gasteiger charge is 2.35. The highest BCUT2D eigenvalue weighted by atomic mass is 35.5. The van der Waals surface area contributed by atoms with Gasteiger partial charge in [-0.05, 0) is 24.6 Å². The second-order valence-electron chi connectivity index (χ2n) is 5.59. The number of nitrogens with one attached hydrogen (secondary N) is 1. The molecule has 0 saturated heterocycles. The van der Waals surface area contributed by atoms with E-state index >= 15 is 0 Å². The number of alkyl halides is 6. The third kappa shape index (κ3) is 4.77. The second-order valence-corrected chi connectivity index (χ2v) is 6.99. The maximum absolute atomic E-state index is 12.9. The molecule has 0 aliphatic heterocycles. The molecule has 140 valence electrons. The fraction of sp³-hybridized carbons (Fsp3) is 0.467. The number of aliphatic hydroxyl groups is 1. The first-order chi connectivity index (χ1) is 11.4. The van der Waals surface area contributed by atoms with Crippen LogP contribution in [0.25, 0.3) is 10.9 Å². The highest BCUT2D eigenvalue weighted by Crippen LogP contribution is 2.39. The number of hydrogen-bond donors (Lipinski definition) is 2. The van der Waals surface area contributed by atoms with Crippen molar-refractivity contribution in [3.05, 3.63) is 34.5 Å². The third-order valence-electron chi connectivity index (χ3n) is 3.71. The molecule has 0 bridgehead atoms. The molecular weight excluding hydrogens is 392 g/mol. The molecule has 0 saturated carbocycles. The molecule has 1 atom stereocenters. The number of rotatable bonds is 5. The summed E-state index contributed by atoms with van der Waals surface area (Å²) in [6.07, 6.45) is -8.92. The molecule has 1 heterocycles. The first kappa shape index (κ1) is 20.3. The van der Waals surface area contributed by atoms with Gasteiger partial charge in [0.25, 0.3) is 0 Å². The van der Waals surface area contributed by atoms with Crippen molar-refractivity contribution in [3.8, 4) is 0 Å². The van der Waals surface area contributed by atoms with Crippen molar-refractivity contribution in [3.63, 3.8) is 0 Å². The zero-order valence-electron chi connectivity index (χ0n) is 12.9. The molecule has 2 rings (SSSR count). The van der Waals surface area contributed by atoms with Crippen molar-refractivity contribution < 1.29 is 31.4 Å². The van der Waals surface area contributed by atoms with Crippen molar-refractivity contribution in [2.45, 2.75) is 31.3 Å². The largest absolute Gasteiger partial charge is 0.417 e. The van der Waals surface area contributed by atoms with E-state index in [2.05, 4.69) is 4.98 Å². The van der Waals surface area contributed by atoms with Crippen molar-refractivity contribution in [2.75, 3.05) is 11.5 Å². The van der Waals surface area contributed by atoms with Crippen molar-refractivity contribution in [1.82, 2.24) is 4.98 Å². The third-order valence-corrected chi connectivity index (χ3v) is 5.23. The minimum atomic E-state index is -4.64. The van der Waals surface area contributed by atoms with Crippen LogP contribution in [-0.2, 0) is 11.8 Å². The lowest BCUT2D eigenvalue weighted by molar-refractivity contribution is -0.137. The van der Waals surface area contributed by atoms with Gasteiger partial charge in [-0.3, -0.25) is 0 Å². The second kappa shape index (κ2) is 6.92. The lowest BCUT2D eigenvalue weighted by Gasteiger charge is -2.25. The Hall–Kier alpha value is -1.06. The maximum Gasteiger partial charge on any atom is 0.417 e. The molecule has 2 N–H and O–H groups in total. The summed E-state index contributed by atoms with van der Waals surface area (Å²) in [5.41, 5.74) is -2.41. The normalized spacial score (nSPS) is 15.6. The van der Waals surface area contributed by atoms with E-state index in [1.807, 2.05) is 0 Å². The van der Waals surface area contributed by atoms with E-state index in [-0.39, 0.29) is 23.4 Å².